The molecule has 0 saturated carbocycles. The van der Waals surface area contributed by atoms with Gasteiger partial charge in [-0.2, -0.15) is 26.3 Å². The number of alkyl halides is 6. The zero-order valence-electron chi connectivity index (χ0n) is 57.0. The lowest BCUT2D eigenvalue weighted by Gasteiger charge is -2.44. The zero-order valence-corrected chi connectivity index (χ0v) is 59.4. The number of carbonyl (C=O) groups excluding carboxylic acids is 4. The van der Waals surface area contributed by atoms with Gasteiger partial charge in [-0.05, 0) is 160 Å². The Labute approximate surface area is 604 Å². The highest BCUT2D eigenvalue weighted by atomic mass is 35.5. The Morgan fingerprint density at radius 1 is 0.644 bits per heavy atom. The van der Waals surface area contributed by atoms with Gasteiger partial charge in [0.15, 0.2) is 0 Å². The molecule has 0 radical (unpaired) electrons. The van der Waals surface area contributed by atoms with Crippen LogP contribution in [0, 0.1) is 5.82 Å². The van der Waals surface area contributed by atoms with Crippen LogP contribution in [0.3, 0.4) is 0 Å². The molecule has 0 unspecified atom stereocenters. The van der Waals surface area contributed by atoms with E-state index in [9.17, 15) is 59.8 Å². The van der Waals surface area contributed by atoms with Gasteiger partial charge >= 0.3 is 18.4 Å². The van der Waals surface area contributed by atoms with Crippen molar-refractivity contribution in [1.29, 1.82) is 0 Å². The number of amides is 5. The van der Waals surface area contributed by atoms with Gasteiger partial charge in [0, 0.05) is 114 Å². The van der Waals surface area contributed by atoms with Crippen molar-refractivity contribution in [2.45, 2.75) is 113 Å². The minimum Gasteiger partial charge on any atom is -0.465 e. The SMILES string of the molecule is CN(CCN1CCC(N(C(=O)O)c2ccccc2-c2ccccc2)CC1)C(=O)CCCCCNc1ccc(C(=O)N(C)CCCCN(C)C(=O)CO[C@H]2Cc3ccccc3C23CCN(CC[C@@]2(c4ccc(F)cc4)CN(C(=O)c4cc(C(F)(F)F)cc(C(F)(F)F)c4)CO2)CC3)cc1.Cl.Cl.Cl. The van der Waals surface area contributed by atoms with Crippen LogP contribution >= 0.6 is 37.2 Å². The van der Waals surface area contributed by atoms with Gasteiger partial charge < -0.3 is 49.3 Å². The Morgan fingerprint density at radius 3 is 1.90 bits per heavy atom. The third-order valence-electron chi connectivity index (χ3n) is 20.1. The zero-order chi connectivity index (χ0) is 69.8. The molecule has 16 nitrogen and oxygen atoms in total. The molecule has 101 heavy (non-hydrogen) atoms. The van der Waals surface area contributed by atoms with E-state index in [2.05, 4.69) is 27.2 Å². The molecule has 6 aromatic carbocycles. The smallest absolute Gasteiger partial charge is 0.416 e. The molecule has 4 aliphatic rings. The first-order valence-electron chi connectivity index (χ1n) is 33.8. The van der Waals surface area contributed by atoms with Crippen molar-refractivity contribution in [1.82, 2.24) is 29.4 Å². The molecule has 0 aromatic heterocycles. The highest BCUT2D eigenvalue weighted by molar-refractivity contribution is 5.96. The Morgan fingerprint density at radius 2 is 1.25 bits per heavy atom. The van der Waals surface area contributed by atoms with E-state index in [0.717, 1.165) is 72.7 Å². The summed E-state index contributed by atoms with van der Waals surface area (Å²) in [6, 6.07) is 39.1. The van der Waals surface area contributed by atoms with E-state index in [1.165, 1.54) is 34.7 Å². The topological polar surface area (TPSA) is 159 Å². The molecule has 3 aliphatic heterocycles. The third kappa shape index (κ3) is 20.2. The van der Waals surface area contributed by atoms with E-state index < -0.39 is 64.6 Å². The Kier molecular flexibility index (Phi) is 28.9. The number of ether oxygens (including phenoxy) is 2. The van der Waals surface area contributed by atoms with E-state index in [1.807, 2.05) is 85.9 Å². The first-order valence-corrected chi connectivity index (χ1v) is 33.8. The molecular formula is C75H90Cl3F7N8O8. The number of benzene rings is 6. The van der Waals surface area contributed by atoms with Gasteiger partial charge in [-0.25, -0.2) is 9.18 Å². The van der Waals surface area contributed by atoms with E-state index in [0.29, 0.717) is 120 Å². The minimum absolute atomic E-state index is 0. The molecule has 0 bridgehead atoms. The lowest BCUT2D eigenvalue weighted by atomic mass is 9.72. The van der Waals surface area contributed by atoms with Crippen molar-refractivity contribution in [2.75, 3.05) is 117 Å². The van der Waals surface area contributed by atoms with Crippen LogP contribution in [0.1, 0.15) is 119 Å². The second-order valence-electron chi connectivity index (χ2n) is 26.5. The van der Waals surface area contributed by atoms with Crippen LogP contribution in [0.5, 0.6) is 0 Å². The van der Waals surface area contributed by atoms with Gasteiger partial charge in [-0.15, -0.1) is 37.2 Å². The number of hydrogen-bond donors (Lipinski definition) is 2. The number of hydrogen-bond acceptors (Lipinski definition) is 10. The standard InChI is InChI=1S/C75H87F7N8O8.3ClH/c1-84(37-14-15-38-86(3)69(93)54-23-29-61(30-24-54)83-36-13-5-8-22-67(91)85(2)44-45-87-39-31-62(32-40-87)90(71(95)96)65-21-12-10-19-63(65)53-16-6-4-7-17-53)68(92)50-97-66-48-55-18-9-11-20-64(55)72(66)33-41-88(42-34-72)43-35-73(57-25-27-60(76)28-26-57)51-89(52-98-73)70(94)56-46-58(74(77,78)79)49-59(47-56)75(80,81)82;;;/h4,6-7,9-12,16-21,23-30,46-47,49,62,66,83H,5,8,13-15,22,31-45,48,50-52H2,1-3H3,(H,95,96);3*1H/t66-,73-;;;/m0.../s1. The predicted octanol–water partition coefficient (Wildman–Crippen LogP) is 14.6. The van der Waals surface area contributed by atoms with Crippen LogP contribution in [0.4, 0.5) is 46.9 Å². The van der Waals surface area contributed by atoms with E-state index in [4.69, 9.17) is 9.47 Å². The van der Waals surface area contributed by atoms with Crippen LogP contribution in [-0.4, -0.2) is 183 Å². The number of rotatable bonds is 27. The van der Waals surface area contributed by atoms with Crippen LogP contribution in [0.25, 0.3) is 11.1 Å². The Hall–Kier alpha value is -7.51. The summed E-state index contributed by atoms with van der Waals surface area (Å²) in [6.45, 7) is 5.39. The second kappa shape index (κ2) is 36.1. The lowest BCUT2D eigenvalue weighted by molar-refractivity contribution is -0.143. The largest absolute Gasteiger partial charge is 0.465 e. The highest BCUT2D eigenvalue weighted by Gasteiger charge is 2.50. The van der Waals surface area contributed by atoms with Gasteiger partial charge in [0.1, 0.15) is 24.8 Å². The number of likely N-dealkylation sites (N-methyl/N-ethyl adjacent to an activating group) is 2. The van der Waals surface area contributed by atoms with Crippen molar-refractivity contribution in [3.8, 4) is 11.1 Å². The van der Waals surface area contributed by atoms with Gasteiger partial charge in [-0.3, -0.25) is 24.1 Å². The first kappa shape index (κ1) is 80.8. The molecule has 548 valence electrons. The second-order valence-corrected chi connectivity index (χ2v) is 26.5. The number of nitrogens with zero attached hydrogens (tertiary/aromatic N) is 7. The molecule has 10 rings (SSSR count). The summed E-state index contributed by atoms with van der Waals surface area (Å²) < 4.78 is 110. The normalized spacial score (nSPS) is 17.6. The molecule has 1 spiro atoms. The van der Waals surface area contributed by atoms with Gasteiger partial charge in [0.2, 0.25) is 11.8 Å². The summed E-state index contributed by atoms with van der Waals surface area (Å²) in [6.07, 6.45) is -3.58. The molecule has 3 saturated heterocycles. The molecule has 2 N–H and O–H groups in total. The summed E-state index contributed by atoms with van der Waals surface area (Å²) in [4.78, 5) is 78.8. The number of carboxylic acid groups (broad SMARTS) is 1. The Balaban J connectivity index is 0.00000477. The minimum atomic E-state index is -5.15. The molecule has 6 aromatic rings. The number of piperidine rings is 2. The van der Waals surface area contributed by atoms with Crippen LogP contribution in [0.2, 0.25) is 0 Å². The number of para-hydroxylation sites is 1. The summed E-state index contributed by atoms with van der Waals surface area (Å²) in [5, 5.41) is 13.8. The molecule has 3 heterocycles. The summed E-state index contributed by atoms with van der Waals surface area (Å²) in [5.41, 5.74) is 1.16. The molecule has 2 atom stereocenters. The maximum absolute atomic E-state index is 14.2. The number of likely N-dealkylation sites (tertiary alicyclic amines) is 2. The fourth-order valence-electron chi connectivity index (χ4n) is 14.3. The number of fused-ring (bicyclic) bond motifs is 2. The van der Waals surface area contributed by atoms with Crippen molar-refractivity contribution in [3.05, 3.63) is 190 Å². The number of unbranched alkanes of at least 4 members (excludes halogenated alkanes) is 3. The monoisotopic (exact) mass is 1470 g/mol. The third-order valence-corrected chi connectivity index (χ3v) is 20.1. The molecule has 3 fully saturated rings. The number of nitrogens with one attached hydrogen (secondary N) is 1. The van der Waals surface area contributed by atoms with Crippen LogP contribution in [-0.2, 0) is 48.9 Å². The van der Waals surface area contributed by atoms with Crippen LogP contribution < -0.4 is 10.2 Å². The van der Waals surface area contributed by atoms with Gasteiger partial charge in [0.25, 0.3) is 11.8 Å². The average molecular weight is 1470 g/mol. The summed E-state index contributed by atoms with van der Waals surface area (Å²) in [5.74, 6) is -1.77. The van der Waals surface area contributed by atoms with E-state index in [-0.39, 0.29) is 92.7 Å². The fourth-order valence-corrected chi connectivity index (χ4v) is 14.3. The fraction of sp³-hybridized carbons (Fsp3) is 0.453. The van der Waals surface area contributed by atoms with E-state index >= 15 is 0 Å². The van der Waals surface area contributed by atoms with Crippen molar-refractivity contribution >= 4 is 78.3 Å². The van der Waals surface area contributed by atoms with E-state index in [1.54, 1.807) is 40.9 Å². The highest BCUT2D eigenvalue weighted by Crippen LogP contribution is 2.49. The molecule has 5 amide bonds. The maximum atomic E-state index is 14.2. The summed E-state index contributed by atoms with van der Waals surface area (Å²) in [7, 11) is 5.35. The van der Waals surface area contributed by atoms with Gasteiger partial charge in [0.05, 0.1) is 29.5 Å². The summed E-state index contributed by atoms with van der Waals surface area (Å²) >= 11 is 0. The van der Waals surface area contributed by atoms with Crippen molar-refractivity contribution in [2.24, 2.45) is 0 Å². The first-order chi connectivity index (χ1) is 46.9. The molecular weight excluding hydrogens is 1380 g/mol. The average Bonchev–Trinajstić information content (AvgIpc) is 1.61. The lowest BCUT2D eigenvalue weighted by Crippen LogP contribution is -2.50. The molecule has 26 heteroatoms. The predicted molar refractivity (Wildman–Crippen MR) is 382 cm³/mol. The number of halogens is 10. The van der Waals surface area contributed by atoms with Crippen molar-refractivity contribution in [3.63, 3.8) is 0 Å². The molecule has 1 aliphatic carbocycles. The Bertz CT molecular complexity index is 3680. The quantitative estimate of drug-likeness (QED) is 0.0373. The van der Waals surface area contributed by atoms with Crippen molar-refractivity contribution < 1.29 is 69.3 Å². The number of anilines is 2. The maximum Gasteiger partial charge on any atom is 0.416 e. The van der Waals surface area contributed by atoms with Crippen LogP contribution in [0.15, 0.2) is 146 Å². The van der Waals surface area contributed by atoms with Gasteiger partial charge in [-0.1, -0.05) is 91.3 Å². The number of carbonyl (C=O) groups is 5.